The first-order chi connectivity index (χ1) is 11.7. The van der Waals surface area contributed by atoms with E-state index in [0.717, 1.165) is 31.1 Å². The monoisotopic (exact) mass is 331 g/mol. The van der Waals surface area contributed by atoms with Crippen LogP contribution in [-0.2, 0) is 13.1 Å². The molecule has 0 aromatic carbocycles. The van der Waals surface area contributed by atoms with Crippen LogP contribution in [0.4, 0.5) is 5.82 Å². The maximum Gasteiger partial charge on any atom is 0.318 e. The summed E-state index contributed by atoms with van der Waals surface area (Å²) < 4.78 is 6.03. The number of likely N-dealkylation sites (N-methyl/N-ethyl adjacent to an activating group) is 1. The molecule has 0 bridgehead atoms. The highest BCUT2D eigenvalue weighted by Crippen LogP contribution is 2.31. The highest BCUT2D eigenvalue weighted by Gasteiger charge is 2.28. The minimum absolute atomic E-state index is 0.498. The van der Waals surface area contributed by atoms with Gasteiger partial charge in [0, 0.05) is 37.3 Å². The Kier molecular flexibility index (Phi) is 4.59. The predicted octanol–water partition coefficient (Wildman–Crippen LogP) is 1.93. The Labute approximate surface area is 144 Å². The SMILES string of the molecule is C[C@H]1CCCCN1c1nc(OC[C@@H]2CCCN2C)nc2c1CNC2. The summed E-state index contributed by atoms with van der Waals surface area (Å²) in [5.74, 6) is 1.10. The largest absolute Gasteiger partial charge is 0.462 e. The minimum Gasteiger partial charge on any atom is -0.462 e. The molecule has 24 heavy (non-hydrogen) atoms. The minimum atomic E-state index is 0.498. The average molecular weight is 331 g/mol. The summed E-state index contributed by atoms with van der Waals surface area (Å²) in [6, 6.07) is 1.61. The van der Waals surface area contributed by atoms with Crippen LogP contribution >= 0.6 is 0 Å². The third kappa shape index (κ3) is 3.09. The van der Waals surface area contributed by atoms with E-state index in [9.17, 15) is 0 Å². The van der Waals surface area contributed by atoms with E-state index in [2.05, 4.69) is 34.1 Å². The van der Waals surface area contributed by atoms with Crippen LogP contribution in [0.5, 0.6) is 6.01 Å². The van der Waals surface area contributed by atoms with Crippen molar-refractivity contribution >= 4 is 5.82 Å². The fraction of sp³-hybridized carbons (Fsp3) is 0.778. The van der Waals surface area contributed by atoms with Gasteiger partial charge < -0.3 is 19.9 Å². The first kappa shape index (κ1) is 16.1. The molecule has 0 unspecified atom stereocenters. The Balaban J connectivity index is 1.55. The van der Waals surface area contributed by atoms with Gasteiger partial charge in [0.25, 0.3) is 0 Å². The topological polar surface area (TPSA) is 53.5 Å². The van der Waals surface area contributed by atoms with Gasteiger partial charge in [0.05, 0.1) is 5.69 Å². The number of anilines is 1. The molecule has 132 valence electrons. The molecular weight excluding hydrogens is 302 g/mol. The van der Waals surface area contributed by atoms with Crippen LogP contribution in [0.15, 0.2) is 0 Å². The number of aromatic nitrogens is 2. The molecule has 0 radical (unpaired) electrons. The zero-order chi connectivity index (χ0) is 16.5. The number of nitrogens with zero attached hydrogens (tertiary/aromatic N) is 4. The summed E-state index contributed by atoms with van der Waals surface area (Å²) in [7, 11) is 2.18. The molecule has 3 aliphatic rings. The molecule has 0 spiro atoms. The second-order valence-corrected chi connectivity index (χ2v) is 7.48. The van der Waals surface area contributed by atoms with Crippen molar-refractivity contribution in [2.75, 3.05) is 31.6 Å². The molecule has 3 aliphatic heterocycles. The first-order valence-electron chi connectivity index (χ1n) is 9.42. The lowest BCUT2D eigenvalue weighted by Crippen LogP contribution is -2.39. The van der Waals surface area contributed by atoms with Gasteiger partial charge in [-0.15, -0.1) is 0 Å². The van der Waals surface area contributed by atoms with Crippen LogP contribution in [-0.4, -0.2) is 53.7 Å². The number of likely N-dealkylation sites (tertiary alicyclic amines) is 1. The quantitative estimate of drug-likeness (QED) is 0.910. The third-order valence-electron chi connectivity index (χ3n) is 5.80. The highest BCUT2D eigenvalue weighted by molar-refractivity contribution is 5.52. The molecule has 4 rings (SSSR count). The van der Waals surface area contributed by atoms with Gasteiger partial charge in [-0.3, -0.25) is 0 Å². The zero-order valence-electron chi connectivity index (χ0n) is 14.9. The summed E-state index contributed by atoms with van der Waals surface area (Å²) in [6.45, 7) is 6.96. The van der Waals surface area contributed by atoms with Crippen LogP contribution in [0.3, 0.4) is 0 Å². The Morgan fingerprint density at radius 2 is 2.04 bits per heavy atom. The molecule has 0 aliphatic carbocycles. The van der Waals surface area contributed by atoms with Gasteiger partial charge in [-0.2, -0.15) is 9.97 Å². The molecular formula is C18H29N5O. The van der Waals surface area contributed by atoms with Crippen molar-refractivity contribution in [2.24, 2.45) is 0 Å². The van der Waals surface area contributed by atoms with Crippen LogP contribution in [0.25, 0.3) is 0 Å². The van der Waals surface area contributed by atoms with E-state index in [4.69, 9.17) is 9.72 Å². The van der Waals surface area contributed by atoms with Gasteiger partial charge in [0.2, 0.25) is 0 Å². The maximum absolute atomic E-state index is 6.03. The molecule has 1 N–H and O–H groups in total. The smallest absolute Gasteiger partial charge is 0.318 e. The average Bonchev–Trinajstić information content (AvgIpc) is 3.21. The van der Waals surface area contributed by atoms with E-state index >= 15 is 0 Å². The van der Waals surface area contributed by atoms with Crippen LogP contribution in [0.1, 0.15) is 50.3 Å². The lowest BCUT2D eigenvalue weighted by molar-refractivity contribution is 0.187. The lowest BCUT2D eigenvalue weighted by atomic mass is 10.0. The van der Waals surface area contributed by atoms with Gasteiger partial charge in [-0.1, -0.05) is 0 Å². The number of hydrogen-bond acceptors (Lipinski definition) is 6. The van der Waals surface area contributed by atoms with Crippen molar-refractivity contribution in [3.8, 4) is 6.01 Å². The van der Waals surface area contributed by atoms with Crippen molar-refractivity contribution < 1.29 is 4.74 Å². The molecule has 2 saturated heterocycles. The number of rotatable bonds is 4. The van der Waals surface area contributed by atoms with Crippen molar-refractivity contribution in [3.63, 3.8) is 0 Å². The summed E-state index contributed by atoms with van der Waals surface area (Å²) in [6.07, 6.45) is 6.28. The fourth-order valence-corrected chi connectivity index (χ4v) is 4.20. The summed E-state index contributed by atoms with van der Waals surface area (Å²) in [4.78, 5) is 14.4. The molecule has 1 aromatic rings. The van der Waals surface area contributed by atoms with Gasteiger partial charge in [-0.25, -0.2) is 0 Å². The van der Waals surface area contributed by atoms with E-state index in [0.29, 0.717) is 24.7 Å². The molecule has 1 aromatic heterocycles. The van der Waals surface area contributed by atoms with Crippen molar-refractivity contribution in [1.29, 1.82) is 0 Å². The van der Waals surface area contributed by atoms with E-state index < -0.39 is 0 Å². The van der Waals surface area contributed by atoms with E-state index in [1.807, 2.05) is 0 Å². The van der Waals surface area contributed by atoms with E-state index in [-0.39, 0.29) is 0 Å². The number of fused-ring (bicyclic) bond motifs is 1. The zero-order valence-corrected chi connectivity index (χ0v) is 14.9. The lowest BCUT2D eigenvalue weighted by Gasteiger charge is -2.35. The molecule has 6 nitrogen and oxygen atoms in total. The number of nitrogens with one attached hydrogen (secondary N) is 1. The molecule has 4 heterocycles. The number of piperidine rings is 1. The standard InChI is InChI=1S/C18H29N5O/c1-13-6-3-4-9-23(13)17-15-10-19-11-16(15)20-18(21-17)24-12-14-7-5-8-22(14)2/h13-14,19H,3-12H2,1-2H3/t13-,14-/m0/s1. The van der Waals surface area contributed by atoms with E-state index in [1.165, 1.54) is 44.2 Å². The van der Waals surface area contributed by atoms with Crippen molar-refractivity contribution in [3.05, 3.63) is 11.3 Å². The van der Waals surface area contributed by atoms with Gasteiger partial charge in [0.15, 0.2) is 0 Å². The summed E-state index contributed by atoms with van der Waals surface area (Å²) >= 11 is 0. The normalized spacial score (nSPS) is 27.5. The number of hydrogen-bond donors (Lipinski definition) is 1. The van der Waals surface area contributed by atoms with Crippen molar-refractivity contribution in [1.82, 2.24) is 20.2 Å². The van der Waals surface area contributed by atoms with E-state index in [1.54, 1.807) is 0 Å². The van der Waals surface area contributed by atoms with Crippen molar-refractivity contribution in [2.45, 2.75) is 64.2 Å². The fourth-order valence-electron chi connectivity index (χ4n) is 4.20. The van der Waals surface area contributed by atoms with Crippen LogP contribution in [0, 0.1) is 0 Å². The summed E-state index contributed by atoms with van der Waals surface area (Å²) in [5.41, 5.74) is 2.39. The van der Waals surface area contributed by atoms with Gasteiger partial charge in [0.1, 0.15) is 12.4 Å². The molecule has 2 fully saturated rings. The molecule has 0 amide bonds. The Morgan fingerprint density at radius 1 is 1.12 bits per heavy atom. The van der Waals surface area contributed by atoms with Crippen LogP contribution in [0.2, 0.25) is 0 Å². The molecule has 6 heteroatoms. The molecule has 2 atom stereocenters. The van der Waals surface area contributed by atoms with Crippen LogP contribution < -0.4 is 15.0 Å². The Bertz CT molecular complexity index is 593. The number of ether oxygens (including phenoxy) is 1. The third-order valence-corrected chi connectivity index (χ3v) is 5.80. The predicted molar refractivity (Wildman–Crippen MR) is 94.4 cm³/mol. The molecule has 0 saturated carbocycles. The second-order valence-electron chi connectivity index (χ2n) is 7.48. The highest BCUT2D eigenvalue weighted by atomic mass is 16.5. The van der Waals surface area contributed by atoms with Gasteiger partial charge >= 0.3 is 6.01 Å². The second kappa shape index (κ2) is 6.84. The summed E-state index contributed by atoms with van der Waals surface area (Å²) in [5, 5.41) is 3.42. The maximum atomic E-state index is 6.03. The first-order valence-corrected chi connectivity index (χ1v) is 9.42. The Hall–Kier alpha value is -1.40. The Morgan fingerprint density at radius 3 is 2.83 bits per heavy atom. The van der Waals surface area contributed by atoms with Gasteiger partial charge in [-0.05, 0) is 52.6 Å².